The van der Waals surface area contributed by atoms with Crippen LogP contribution in [-0.4, -0.2) is 34.2 Å². The van der Waals surface area contributed by atoms with Crippen LogP contribution in [0, 0.1) is 6.92 Å². The van der Waals surface area contributed by atoms with Gasteiger partial charge in [-0.15, -0.1) is 0 Å². The molecule has 2 amide bonds. The third-order valence-electron chi connectivity index (χ3n) is 8.14. The summed E-state index contributed by atoms with van der Waals surface area (Å²) in [6, 6.07) is 13.0. The fourth-order valence-corrected chi connectivity index (χ4v) is 6.09. The average Bonchev–Trinajstić information content (AvgIpc) is 3.58. The van der Waals surface area contributed by atoms with Crippen LogP contribution < -0.4 is 10.6 Å². The SMILES string of the molecule is Cc1ccccc1-c1noc(C2CC2)c1CNC1CC2CCC(C1)N2C(=O)Nc1cccc(C(F)(F)F)c1. The van der Waals surface area contributed by atoms with Gasteiger partial charge in [0.2, 0.25) is 0 Å². The van der Waals surface area contributed by atoms with E-state index in [0.717, 1.165) is 78.8 Å². The number of nitrogens with one attached hydrogen (secondary N) is 2. The number of hydrogen-bond donors (Lipinski definition) is 2. The van der Waals surface area contributed by atoms with Gasteiger partial charge in [-0.3, -0.25) is 0 Å². The van der Waals surface area contributed by atoms with E-state index in [1.807, 2.05) is 17.0 Å². The van der Waals surface area contributed by atoms with Crippen LogP contribution in [-0.2, 0) is 12.7 Å². The summed E-state index contributed by atoms with van der Waals surface area (Å²) in [6.07, 6.45) is 1.19. The third kappa shape index (κ3) is 4.91. The summed E-state index contributed by atoms with van der Waals surface area (Å²) in [5.74, 6) is 1.42. The Morgan fingerprint density at radius 1 is 1.05 bits per heavy atom. The number of piperidine rings is 1. The molecule has 1 aromatic heterocycles. The minimum atomic E-state index is -4.45. The highest BCUT2D eigenvalue weighted by molar-refractivity contribution is 5.90. The Hall–Kier alpha value is -3.33. The topological polar surface area (TPSA) is 70.4 Å². The molecule has 0 radical (unpaired) electrons. The molecular weight excluding hydrogens is 493 g/mol. The van der Waals surface area contributed by atoms with Crippen molar-refractivity contribution in [3.63, 3.8) is 0 Å². The number of anilines is 1. The molecule has 1 saturated carbocycles. The second kappa shape index (κ2) is 9.76. The van der Waals surface area contributed by atoms with E-state index in [2.05, 4.69) is 34.8 Å². The summed E-state index contributed by atoms with van der Waals surface area (Å²) >= 11 is 0. The first kappa shape index (κ1) is 25.0. The fraction of sp³-hybridized carbons (Fsp3) is 0.448. The Labute approximate surface area is 219 Å². The number of aromatic nitrogens is 1. The number of hydrogen-bond acceptors (Lipinski definition) is 4. The fourth-order valence-electron chi connectivity index (χ4n) is 6.09. The Bertz CT molecular complexity index is 1320. The number of amides is 2. The monoisotopic (exact) mass is 524 g/mol. The lowest BCUT2D eigenvalue weighted by molar-refractivity contribution is -0.137. The zero-order chi connectivity index (χ0) is 26.4. The van der Waals surface area contributed by atoms with Gasteiger partial charge < -0.3 is 20.1 Å². The van der Waals surface area contributed by atoms with E-state index in [1.54, 1.807) is 0 Å². The quantitative estimate of drug-likeness (QED) is 0.370. The van der Waals surface area contributed by atoms with Crippen LogP contribution in [0.25, 0.3) is 11.3 Å². The van der Waals surface area contributed by atoms with Gasteiger partial charge in [0.05, 0.1) is 5.56 Å². The molecule has 0 spiro atoms. The van der Waals surface area contributed by atoms with Gasteiger partial charge in [-0.05, 0) is 69.2 Å². The lowest BCUT2D eigenvalue weighted by Crippen LogP contribution is -2.52. The summed E-state index contributed by atoms with van der Waals surface area (Å²) in [7, 11) is 0. The van der Waals surface area contributed by atoms with Gasteiger partial charge in [0, 0.05) is 47.4 Å². The van der Waals surface area contributed by atoms with Gasteiger partial charge in [-0.25, -0.2) is 4.79 Å². The Balaban J connectivity index is 1.13. The maximum Gasteiger partial charge on any atom is 0.416 e. The molecule has 6 nitrogen and oxygen atoms in total. The normalized spacial score (nSPS) is 23.1. The van der Waals surface area contributed by atoms with Crippen molar-refractivity contribution in [3.8, 4) is 11.3 Å². The average molecular weight is 525 g/mol. The second-order valence-corrected chi connectivity index (χ2v) is 10.8. The van der Waals surface area contributed by atoms with E-state index in [-0.39, 0.29) is 29.8 Å². The Morgan fingerprint density at radius 3 is 2.47 bits per heavy atom. The van der Waals surface area contributed by atoms with E-state index >= 15 is 0 Å². The van der Waals surface area contributed by atoms with Gasteiger partial charge in [0.1, 0.15) is 11.5 Å². The van der Waals surface area contributed by atoms with Gasteiger partial charge in [-0.2, -0.15) is 13.2 Å². The lowest BCUT2D eigenvalue weighted by Gasteiger charge is -2.39. The molecule has 2 saturated heterocycles. The number of rotatable bonds is 6. The molecule has 2 aromatic carbocycles. The molecule has 9 heteroatoms. The molecule has 2 aliphatic heterocycles. The highest BCUT2D eigenvalue weighted by atomic mass is 19.4. The van der Waals surface area contributed by atoms with E-state index in [4.69, 9.17) is 4.52 Å². The van der Waals surface area contributed by atoms with E-state index in [0.29, 0.717) is 12.5 Å². The summed E-state index contributed by atoms with van der Waals surface area (Å²) in [5.41, 5.74) is 3.65. The van der Waals surface area contributed by atoms with Crippen LogP contribution in [0.1, 0.15) is 66.9 Å². The molecule has 2 atom stereocenters. The van der Waals surface area contributed by atoms with Crippen molar-refractivity contribution >= 4 is 11.7 Å². The van der Waals surface area contributed by atoms with Gasteiger partial charge in [-0.1, -0.05) is 35.5 Å². The second-order valence-electron chi connectivity index (χ2n) is 10.8. The molecule has 3 aromatic rings. The number of aryl methyl sites for hydroxylation is 1. The number of halogens is 3. The standard InChI is InChI=1S/C29H31F3N4O2/c1-17-5-2-3-8-24(17)26-25(27(38-35-26)18-9-10-18)16-33-21-14-22-11-12-23(15-21)36(22)28(37)34-20-7-4-6-19(13-20)29(30,31)32/h2-8,13,18,21-23,33H,9-12,14-16H2,1H3,(H,34,37). The van der Waals surface area contributed by atoms with Gasteiger partial charge in [0.15, 0.2) is 0 Å². The number of carbonyl (C=O) groups excluding carboxylic acids is 1. The lowest BCUT2D eigenvalue weighted by atomic mass is 9.96. The largest absolute Gasteiger partial charge is 0.416 e. The minimum absolute atomic E-state index is 0.0539. The van der Waals surface area contributed by atoms with Crippen LogP contribution in [0.4, 0.5) is 23.7 Å². The van der Waals surface area contributed by atoms with Crippen molar-refractivity contribution in [2.75, 3.05) is 5.32 Å². The minimum Gasteiger partial charge on any atom is -0.360 e. The van der Waals surface area contributed by atoms with Crippen LogP contribution in [0.15, 0.2) is 53.1 Å². The van der Waals surface area contributed by atoms with Crippen LogP contribution in [0.3, 0.4) is 0 Å². The molecule has 3 heterocycles. The van der Waals surface area contributed by atoms with Crippen molar-refractivity contribution in [2.45, 2.75) is 82.2 Å². The molecule has 3 fully saturated rings. The number of fused-ring (bicyclic) bond motifs is 2. The Morgan fingerprint density at radius 2 is 1.79 bits per heavy atom. The molecule has 200 valence electrons. The third-order valence-corrected chi connectivity index (χ3v) is 8.14. The number of alkyl halides is 3. The van der Waals surface area contributed by atoms with Crippen molar-refractivity contribution in [2.24, 2.45) is 0 Å². The smallest absolute Gasteiger partial charge is 0.360 e. The molecule has 2 N–H and O–H groups in total. The van der Waals surface area contributed by atoms with Crippen molar-refractivity contribution in [1.29, 1.82) is 0 Å². The zero-order valence-electron chi connectivity index (χ0n) is 21.2. The highest BCUT2D eigenvalue weighted by Gasteiger charge is 2.43. The molecule has 3 aliphatic rings. The molecule has 1 aliphatic carbocycles. The first-order valence-electron chi connectivity index (χ1n) is 13.3. The molecule has 2 bridgehead atoms. The maximum absolute atomic E-state index is 13.1. The van der Waals surface area contributed by atoms with E-state index in [1.165, 1.54) is 12.1 Å². The van der Waals surface area contributed by atoms with E-state index in [9.17, 15) is 18.0 Å². The number of benzene rings is 2. The predicted molar refractivity (Wildman–Crippen MR) is 138 cm³/mol. The summed E-state index contributed by atoms with van der Waals surface area (Å²) in [5, 5.41) is 10.9. The maximum atomic E-state index is 13.1. The van der Waals surface area contributed by atoms with Crippen LogP contribution in [0.2, 0.25) is 0 Å². The van der Waals surface area contributed by atoms with Crippen LogP contribution >= 0.6 is 0 Å². The highest BCUT2D eigenvalue weighted by Crippen LogP contribution is 2.44. The predicted octanol–water partition coefficient (Wildman–Crippen LogP) is 6.86. The summed E-state index contributed by atoms with van der Waals surface area (Å²) in [6.45, 7) is 2.73. The first-order chi connectivity index (χ1) is 18.3. The molecule has 6 rings (SSSR count). The number of urea groups is 1. The van der Waals surface area contributed by atoms with E-state index < -0.39 is 11.7 Å². The number of carbonyl (C=O) groups is 1. The first-order valence-corrected chi connectivity index (χ1v) is 13.3. The van der Waals surface area contributed by atoms with Gasteiger partial charge >= 0.3 is 12.2 Å². The van der Waals surface area contributed by atoms with Gasteiger partial charge in [0.25, 0.3) is 0 Å². The van der Waals surface area contributed by atoms with Crippen molar-refractivity contribution in [3.05, 3.63) is 71.0 Å². The Kier molecular flexibility index (Phi) is 6.42. The summed E-state index contributed by atoms with van der Waals surface area (Å²) in [4.78, 5) is 14.9. The van der Waals surface area contributed by atoms with Crippen LogP contribution in [0.5, 0.6) is 0 Å². The zero-order valence-corrected chi connectivity index (χ0v) is 21.2. The molecule has 38 heavy (non-hydrogen) atoms. The molecule has 2 unspecified atom stereocenters. The number of nitrogens with zero attached hydrogens (tertiary/aromatic N) is 2. The van der Waals surface area contributed by atoms with Crippen molar-refractivity contribution < 1.29 is 22.5 Å². The van der Waals surface area contributed by atoms with Crippen molar-refractivity contribution in [1.82, 2.24) is 15.4 Å². The summed E-state index contributed by atoms with van der Waals surface area (Å²) < 4.78 is 45.1. The molecular formula is C29H31F3N4O2.